The van der Waals surface area contributed by atoms with E-state index in [-0.39, 0.29) is 12.2 Å². The fraction of sp³-hybridized carbons (Fsp3) is 0.462. The van der Waals surface area contributed by atoms with Crippen LogP contribution in [0.1, 0.15) is 28.3 Å². The van der Waals surface area contributed by atoms with E-state index in [1.807, 2.05) is 19.2 Å². The van der Waals surface area contributed by atoms with E-state index in [1.165, 1.54) is 7.05 Å². The zero-order valence-electron chi connectivity index (χ0n) is 12.5. The number of nitrogens with one attached hydrogen (secondary N) is 1. The number of hydrogen-bond donors (Lipinski definition) is 1. The molecule has 2 rings (SSSR count). The summed E-state index contributed by atoms with van der Waals surface area (Å²) in [6, 6.07) is 1.85. The lowest BCUT2D eigenvalue weighted by Gasteiger charge is -2.06. The zero-order valence-corrected chi connectivity index (χ0v) is 13.2. The fourth-order valence-corrected chi connectivity index (χ4v) is 2.39. The molecule has 6 nitrogen and oxygen atoms in total. The third kappa shape index (κ3) is 4.04. The van der Waals surface area contributed by atoms with E-state index in [4.69, 9.17) is 11.6 Å². The second kappa shape index (κ2) is 6.61. The van der Waals surface area contributed by atoms with Crippen molar-refractivity contribution in [3.05, 3.63) is 34.4 Å². The minimum atomic E-state index is -4.70. The molecule has 0 saturated carbocycles. The Hall–Kier alpha value is -2.03. The van der Waals surface area contributed by atoms with Crippen molar-refractivity contribution in [2.75, 3.05) is 6.54 Å². The number of halogens is 4. The van der Waals surface area contributed by atoms with Crippen LogP contribution < -0.4 is 5.32 Å². The summed E-state index contributed by atoms with van der Waals surface area (Å²) in [4.78, 5) is 12.0. The summed E-state index contributed by atoms with van der Waals surface area (Å²) in [6.45, 7) is 2.72. The first-order chi connectivity index (χ1) is 10.7. The average Bonchev–Trinajstić information content (AvgIpc) is 2.98. The quantitative estimate of drug-likeness (QED) is 0.843. The van der Waals surface area contributed by atoms with Gasteiger partial charge in [-0.05, 0) is 19.4 Å². The number of hydrogen-bond acceptors (Lipinski definition) is 3. The highest BCUT2D eigenvalue weighted by Crippen LogP contribution is 2.35. The van der Waals surface area contributed by atoms with E-state index in [0.717, 1.165) is 10.4 Å². The lowest BCUT2D eigenvalue weighted by atomic mass is 10.3. The summed E-state index contributed by atoms with van der Waals surface area (Å²) >= 11 is 5.64. The topological polar surface area (TPSA) is 64.7 Å². The van der Waals surface area contributed by atoms with Gasteiger partial charge in [0.05, 0.1) is 5.69 Å². The maximum Gasteiger partial charge on any atom is 0.436 e. The molecular weight excluding hydrogens is 335 g/mol. The van der Waals surface area contributed by atoms with Gasteiger partial charge in [0, 0.05) is 26.3 Å². The molecule has 0 radical (unpaired) electrons. The monoisotopic (exact) mass is 349 g/mol. The van der Waals surface area contributed by atoms with Gasteiger partial charge in [-0.2, -0.15) is 23.4 Å². The number of carbonyl (C=O) groups is 1. The minimum Gasteiger partial charge on any atom is -0.351 e. The highest BCUT2D eigenvalue weighted by molar-refractivity contribution is 6.34. The highest BCUT2D eigenvalue weighted by Gasteiger charge is 2.39. The van der Waals surface area contributed by atoms with Crippen LogP contribution in [0.4, 0.5) is 13.2 Å². The molecule has 1 amide bonds. The van der Waals surface area contributed by atoms with Gasteiger partial charge in [0.2, 0.25) is 0 Å². The first-order valence-electron chi connectivity index (χ1n) is 6.78. The normalized spacial score (nSPS) is 11.7. The molecule has 0 unspecified atom stereocenters. The summed E-state index contributed by atoms with van der Waals surface area (Å²) in [5.41, 5.74) is -0.692. The maximum absolute atomic E-state index is 12.7. The molecule has 23 heavy (non-hydrogen) atoms. The van der Waals surface area contributed by atoms with Gasteiger partial charge < -0.3 is 5.32 Å². The van der Waals surface area contributed by atoms with E-state index in [1.54, 1.807) is 4.68 Å². The SMILES string of the molecule is Cc1ccn(CCCNC(=O)c2c(Cl)c(C(F)(F)F)nn2C)n1. The van der Waals surface area contributed by atoms with Crippen molar-refractivity contribution in [3.8, 4) is 0 Å². The Kier molecular flexibility index (Phi) is 4.98. The largest absolute Gasteiger partial charge is 0.436 e. The van der Waals surface area contributed by atoms with E-state index in [0.29, 0.717) is 13.0 Å². The lowest BCUT2D eigenvalue weighted by molar-refractivity contribution is -0.141. The number of carbonyl (C=O) groups excluding carboxylic acids is 1. The lowest BCUT2D eigenvalue weighted by Crippen LogP contribution is -2.27. The number of nitrogens with zero attached hydrogens (tertiary/aromatic N) is 4. The summed E-state index contributed by atoms with van der Waals surface area (Å²) in [7, 11) is 1.24. The van der Waals surface area contributed by atoms with Crippen molar-refractivity contribution >= 4 is 17.5 Å². The highest BCUT2D eigenvalue weighted by atomic mass is 35.5. The molecule has 2 heterocycles. The average molecular weight is 350 g/mol. The second-order valence-corrected chi connectivity index (χ2v) is 5.34. The number of rotatable bonds is 5. The van der Waals surface area contributed by atoms with Crippen molar-refractivity contribution in [1.29, 1.82) is 0 Å². The van der Waals surface area contributed by atoms with Crippen molar-refractivity contribution in [1.82, 2.24) is 24.9 Å². The van der Waals surface area contributed by atoms with E-state index >= 15 is 0 Å². The Balaban J connectivity index is 1.94. The number of aromatic nitrogens is 4. The predicted molar refractivity (Wildman–Crippen MR) is 77.1 cm³/mol. The van der Waals surface area contributed by atoms with E-state index < -0.39 is 22.8 Å². The molecule has 0 aliphatic heterocycles. The Morgan fingerprint density at radius 1 is 1.39 bits per heavy atom. The van der Waals surface area contributed by atoms with Crippen molar-refractivity contribution in [2.24, 2.45) is 7.05 Å². The summed E-state index contributed by atoms with van der Waals surface area (Å²) in [5.74, 6) is -0.697. The van der Waals surface area contributed by atoms with E-state index in [2.05, 4.69) is 15.5 Å². The minimum absolute atomic E-state index is 0.278. The first kappa shape index (κ1) is 17.3. The first-order valence-corrected chi connectivity index (χ1v) is 7.16. The van der Waals surface area contributed by atoms with Crippen LogP contribution in [0, 0.1) is 6.92 Å². The summed E-state index contributed by atoms with van der Waals surface area (Å²) in [6.07, 6.45) is -2.31. The molecule has 0 aliphatic rings. The van der Waals surface area contributed by atoms with Gasteiger partial charge in [0.15, 0.2) is 5.69 Å². The molecule has 126 valence electrons. The van der Waals surface area contributed by atoms with Gasteiger partial charge >= 0.3 is 6.18 Å². The van der Waals surface area contributed by atoms with Crippen LogP contribution in [0.25, 0.3) is 0 Å². The van der Waals surface area contributed by atoms with Gasteiger partial charge in [0.25, 0.3) is 5.91 Å². The Morgan fingerprint density at radius 2 is 2.09 bits per heavy atom. The van der Waals surface area contributed by atoms with Crippen LogP contribution in [0.3, 0.4) is 0 Å². The van der Waals surface area contributed by atoms with E-state index in [9.17, 15) is 18.0 Å². The van der Waals surface area contributed by atoms with Crippen LogP contribution in [-0.2, 0) is 19.8 Å². The molecule has 2 aromatic rings. The Morgan fingerprint density at radius 3 is 2.61 bits per heavy atom. The molecule has 0 saturated heterocycles. The maximum atomic E-state index is 12.7. The van der Waals surface area contributed by atoms with Gasteiger partial charge in [-0.1, -0.05) is 11.6 Å². The molecule has 0 aromatic carbocycles. The number of alkyl halides is 3. The Bertz CT molecular complexity index is 707. The zero-order chi connectivity index (χ0) is 17.2. The van der Waals surface area contributed by atoms with Crippen LogP contribution in [0.15, 0.2) is 12.3 Å². The fourth-order valence-electron chi connectivity index (χ4n) is 2.04. The van der Waals surface area contributed by atoms with Crippen LogP contribution in [-0.4, -0.2) is 32.0 Å². The summed E-state index contributed by atoms with van der Waals surface area (Å²) < 4.78 is 40.7. The predicted octanol–water partition coefficient (Wildman–Crippen LogP) is 2.42. The third-order valence-electron chi connectivity index (χ3n) is 3.10. The van der Waals surface area contributed by atoms with Crippen LogP contribution in [0.5, 0.6) is 0 Å². The molecule has 0 atom stereocenters. The molecule has 1 N–H and O–H groups in total. The molecule has 10 heteroatoms. The Labute approximate surface area is 135 Å². The number of amides is 1. The summed E-state index contributed by atoms with van der Waals surface area (Å²) in [5, 5.41) is 9.29. The molecule has 0 aliphatic carbocycles. The van der Waals surface area contributed by atoms with Crippen LogP contribution >= 0.6 is 11.6 Å². The van der Waals surface area contributed by atoms with Crippen molar-refractivity contribution < 1.29 is 18.0 Å². The number of aryl methyl sites for hydroxylation is 3. The molecule has 0 spiro atoms. The third-order valence-corrected chi connectivity index (χ3v) is 3.45. The molecule has 0 fully saturated rings. The molecule has 2 aromatic heterocycles. The van der Waals surface area contributed by atoms with Gasteiger partial charge in [-0.25, -0.2) is 0 Å². The van der Waals surface area contributed by atoms with Gasteiger partial charge in [-0.15, -0.1) is 0 Å². The smallest absolute Gasteiger partial charge is 0.351 e. The van der Waals surface area contributed by atoms with Gasteiger partial charge in [-0.3, -0.25) is 14.2 Å². The molecular formula is C13H15ClF3N5O. The van der Waals surface area contributed by atoms with Crippen molar-refractivity contribution in [3.63, 3.8) is 0 Å². The molecule has 0 bridgehead atoms. The van der Waals surface area contributed by atoms with Crippen molar-refractivity contribution in [2.45, 2.75) is 26.1 Å². The standard InChI is InChI=1S/C13H15ClF3N5O/c1-8-4-7-22(19-8)6-3-5-18-12(23)10-9(14)11(13(15,16)17)20-21(10)2/h4,7H,3,5-6H2,1-2H3,(H,18,23). The second-order valence-electron chi connectivity index (χ2n) is 4.96. The van der Waals surface area contributed by atoms with Gasteiger partial charge in [0.1, 0.15) is 10.7 Å². The van der Waals surface area contributed by atoms with Crippen LogP contribution in [0.2, 0.25) is 5.02 Å².